The summed E-state index contributed by atoms with van der Waals surface area (Å²) in [5, 5.41) is 3.39. The molecular weight excluding hydrogens is 210 g/mol. The van der Waals surface area contributed by atoms with E-state index in [1.807, 2.05) is 0 Å². The Balaban J connectivity index is 2.05. The van der Waals surface area contributed by atoms with Gasteiger partial charge in [-0.05, 0) is 51.1 Å². The first-order valence-corrected chi connectivity index (χ1v) is 7.43. The van der Waals surface area contributed by atoms with Crippen LogP contribution in [0.2, 0.25) is 0 Å². The highest BCUT2D eigenvalue weighted by Gasteiger charge is 2.41. The third-order valence-corrected chi connectivity index (χ3v) is 5.07. The number of ketones is 1. The Kier molecular flexibility index (Phi) is 4.24. The van der Waals surface area contributed by atoms with E-state index in [2.05, 4.69) is 19.2 Å². The zero-order chi connectivity index (χ0) is 12.3. The minimum Gasteiger partial charge on any atom is -0.317 e. The second kappa shape index (κ2) is 5.51. The van der Waals surface area contributed by atoms with Crippen LogP contribution in [0.1, 0.15) is 58.8 Å². The third kappa shape index (κ3) is 2.73. The second-order valence-electron chi connectivity index (χ2n) is 6.22. The van der Waals surface area contributed by atoms with Crippen LogP contribution >= 0.6 is 0 Å². The molecule has 2 unspecified atom stereocenters. The van der Waals surface area contributed by atoms with E-state index in [1.54, 1.807) is 0 Å². The number of hydrogen-bond donors (Lipinski definition) is 1. The molecule has 0 spiro atoms. The summed E-state index contributed by atoms with van der Waals surface area (Å²) in [4.78, 5) is 12.8. The van der Waals surface area contributed by atoms with E-state index >= 15 is 0 Å². The highest BCUT2D eigenvalue weighted by Crippen LogP contribution is 2.40. The van der Waals surface area contributed by atoms with E-state index in [1.165, 1.54) is 12.8 Å². The number of nitrogens with one attached hydrogen (secondary N) is 1. The molecule has 1 aliphatic heterocycles. The van der Waals surface area contributed by atoms with E-state index < -0.39 is 0 Å². The molecule has 2 atom stereocenters. The third-order valence-electron chi connectivity index (χ3n) is 5.07. The zero-order valence-corrected chi connectivity index (χ0v) is 11.4. The van der Waals surface area contributed by atoms with Crippen molar-refractivity contribution in [3.8, 4) is 0 Å². The van der Waals surface area contributed by atoms with E-state index in [4.69, 9.17) is 0 Å². The topological polar surface area (TPSA) is 29.1 Å². The van der Waals surface area contributed by atoms with Crippen molar-refractivity contribution in [3.05, 3.63) is 0 Å². The summed E-state index contributed by atoms with van der Waals surface area (Å²) >= 11 is 0. The van der Waals surface area contributed by atoms with Gasteiger partial charge in [-0.15, -0.1) is 0 Å². The monoisotopic (exact) mass is 237 g/mol. The number of carbonyl (C=O) groups excluding carboxylic acids is 1. The van der Waals surface area contributed by atoms with Crippen LogP contribution in [-0.4, -0.2) is 18.9 Å². The number of hydrogen-bond acceptors (Lipinski definition) is 2. The molecule has 0 amide bonds. The summed E-state index contributed by atoms with van der Waals surface area (Å²) in [5.74, 6) is 1.73. The van der Waals surface area contributed by atoms with Crippen LogP contribution in [0, 0.1) is 17.3 Å². The van der Waals surface area contributed by atoms with Gasteiger partial charge in [0.2, 0.25) is 0 Å². The summed E-state index contributed by atoms with van der Waals surface area (Å²) in [6.45, 7) is 6.57. The summed E-state index contributed by atoms with van der Waals surface area (Å²) in [6.07, 6.45) is 8.05. The van der Waals surface area contributed by atoms with Gasteiger partial charge >= 0.3 is 0 Å². The van der Waals surface area contributed by atoms with Gasteiger partial charge < -0.3 is 5.32 Å². The summed E-state index contributed by atoms with van der Waals surface area (Å²) in [7, 11) is 0. The molecule has 0 aromatic heterocycles. The minimum atomic E-state index is 0.0208. The molecule has 1 N–H and O–H groups in total. The van der Waals surface area contributed by atoms with Crippen LogP contribution in [0.4, 0.5) is 0 Å². The van der Waals surface area contributed by atoms with Crippen LogP contribution in [-0.2, 0) is 4.79 Å². The number of carbonyl (C=O) groups is 1. The van der Waals surface area contributed by atoms with Gasteiger partial charge in [0.15, 0.2) is 0 Å². The lowest BCUT2D eigenvalue weighted by Gasteiger charge is -2.39. The fourth-order valence-electron chi connectivity index (χ4n) is 3.78. The van der Waals surface area contributed by atoms with Gasteiger partial charge in [-0.25, -0.2) is 0 Å². The Hall–Kier alpha value is -0.370. The van der Waals surface area contributed by atoms with Gasteiger partial charge in [0.05, 0.1) is 0 Å². The standard InChI is InChI=1S/C15H27NO/c1-3-15(7-9-16-10-8-15)14(17)13-6-4-5-12(2)11-13/h12-13,16H,3-11H2,1-2H3. The predicted molar refractivity (Wildman–Crippen MR) is 71.0 cm³/mol. The average molecular weight is 237 g/mol. The summed E-state index contributed by atoms with van der Waals surface area (Å²) < 4.78 is 0. The lowest BCUT2D eigenvalue weighted by Crippen LogP contribution is -2.45. The van der Waals surface area contributed by atoms with Gasteiger partial charge in [-0.2, -0.15) is 0 Å². The first-order valence-electron chi connectivity index (χ1n) is 7.43. The number of piperidine rings is 1. The molecule has 98 valence electrons. The average Bonchev–Trinajstić information content (AvgIpc) is 2.38. The number of Topliss-reactive ketones (excluding diaryl/α,β-unsaturated/α-hetero) is 1. The van der Waals surface area contributed by atoms with Gasteiger partial charge in [-0.1, -0.05) is 26.7 Å². The fraction of sp³-hybridized carbons (Fsp3) is 0.933. The Bertz CT molecular complexity index is 268. The lowest BCUT2D eigenvalue weighted by molar-refractivity contribution is -0.136. The van der Waals surface area contributed by atoms with Crippen molar-refractivity contribution < 1.29 is 4.79 Å². The van der Waals surface area contributed by atoms with Gasteiger partial charge in [0, 0.05) is 11.3 Å². The largest absolute Gasteiger partial charge is 0.317 e. The smallest absolute Gasteiger partial charge is 0.142 e. The molecular formula is C15H27NO. The minimum absolute atomic E-state index is 0.0208. The van der Waals surface area contributed by atoms with E-state index in [9.17, 15) is 4.79 Å². The Labute approximate surface area is 106 Å². The summed E-state index contributed by atoms with van der Waals surface area (Å²) in [6, 6.07) is 0. The van der Waals surface area contributed by atoms with Crippen molar-refractivity contribution in [1.82, 2.24) is 5.32 Å². The molecule has 1 saturated carbocycles. The predicted octanol–water partition coefficient (Wildman–Crippen LogP) is 3.16. The van der Waals surface area contributed by atoms with Gasteiger partial charge in [0.1, 0.15) is 5.78 Å². The molecule has 0 bridgehead atoms. The van der Waals surface area contributed by atoms with Gasteiger partial charge in [-0.3, -0.25) is 4.79 Å². The van der Waals surface area contributed by atoms with Crippen LogP contribution in [0.25, 0.3) is 0 Å². The van der Waals surface area contributed by atoms with E-state index in [0.29, 0.717) is 11.7 Å². The maximum Gasteiger partial charge on any atom is 0.142 e. The first kappa shape index (κ1) is 13.1. The van der Waals surface area contributed by atoms with Crippen molar-refractivity contribution in [2.24, 2.45) is 17.3 Å². The van der Waals surface area contributed by atoms with Crippen LogP contribution in [0.3, 0.4) is 0 Å². The molecule has 2 heteroatoms. The lowest BCUT2D eigenvalue weighted by atomic mass is 9.66. The van der Waals surface area contributed by atoms with Crippen molar-refractivity contribution in [3.63, 3.8) is 0 Å². The molecule has 2 aliphatic rings. The first-order chi connectivity index (χ1) is 8.18. The number of rotatable bonds is 3. The molecule has 2 rings (SSSR count). The Morgan fingerprint density at radius 1 is 1.29 bits per heavy atom. The molecule has 0 radical (unpaired) electrons. The molecule has 1 aliphatic carbocycles. The molecule has 17 heavy (non-hydrogen) atoms. The summed E-state index contributed by atoms with van der Waals surface area (Å²) in [5.41, 5.74) is 0.0208. The van der Waals surface area contributed by atoms with Crippen LogP contribution < -0.4 is 5.32 Å². The SMILES string of the molecule is CCC1(C(=O)C2CCCC(C)C2)CCNCC1. The van der Waals surface area contributed by atoms with Gasteiger partial charge in [0.25, 0.3) is 0 Å². The molecule has 0 aromatic carbocycles. The van der Waals surface area contributed by atoms with Crippen LogP contribution in [0.5, 0.6) is 0 Å². The van der Waals surface area contributed by atoms with Crippen LogP contribution in [0.15, 0.2) is 0 Å². The maximum absolute atomic E-state index is 12.8. The fourth-order valence-corrected chi connectivity index (χ4v) is 3.78. The van der Waals surface area contributed by atoms with E-state index in [-0.39, 0.29) is 5.41 Å². The molecule has 1 saturated heterocycles. The highest BCUT2D eigenvalue weighted by atomic mass is 16.1. The second-order valence-corrected chi connectivity index (χ2v) is 6.22. The molecule has 2 fully saturated rings. The van der Waals surface area contributed by atoms with E-state index in [0.717, 1.165) is 51.1 Å². The quantitative estimate of drug-likeness (QED) is 0.817. The van der Waals surface area contributed by atoms with Crippen molar-refractivity contribution in [2.75, 3.05) is 13.1 Å². The highest BCUT2D eigenvalue weighted by molar-refractivity contribution is 5.87. The molecule has 2 nitrogen and oxygen atoms in total. The van der Waals surface area contributed by atoms with Crippen molar-refractivity contribution in [1.29, 1.82) is 0 Å². The van der Waals surface area contributed by atoms with Crippen molar-refractivity contribution in [2.45, 2.75) is 58.8 Å². The Morgan fingerprint density at radius 2 is 2.00 bits per heavy atom. The maximum atomic E-state index is 12.8. The molecule has 0 aromatic rings. The van der Waals surface area contributed by atoms with Crippen molar-refractivity contribution >= 4 is 5.78 Å². The Morgan fingerprint density at radius 3 is 2.59 bits per heavy atom. The molecule has 1 heterocycles. The zero-order valence-electron chi connectivity index (χ0n) is 11.4. The normalized spacial score (nSPS) is 33.3.